The van der Waals surface area contributed by atoms with Gasteiger partial charge in [0.1, 0.15) is 6.04 Å². The summed E-state index contributed by atoms with van der Waals surface area (Å²) < 4.78 is 14.5. The summed E-state index contributed by atoms with van der Waals surface area (Å²) in [6, 6.07) is 33.8. The van der Waals surface area contributed by atoms with Crippen LogP contribution >= 0.6 is 18.9 Å². The fraction of sp³-hybridized carbons (Fsp3) is 0.0385. The number of carbonyl (C=O) groups excluding carboxylic acids is 1. The third-order valence-corrected chi connectivity index (χ3v) is 8.00. The summed E-state index contributed by atoms with van der Waals surface area (Å²) in [6.45, 7) is 0. The van der Waals surface area contributed by atoms with E-state index < -0.39 is 13.3 Å². The van der Waals surface area contributed by atoms with Crippen LogP contribution in [0.25, 0.3) is 0 Å². The second kappa shape index (κ2) is 9.45. The van der Waals surface area contributed by atoms with E-state index in [1.807, 2.05) is 91.0 Å². The molecule has 31 heavy (non-hydrogen) atoms. The van der Waals surface area contributed by atoms with Crippen molar-refractivity contribution in [2.45, 2.75) is 6.04 Å². The summed E-state index contributed by atoms with van der Waals surface area (Å²) >= 11 is 6.01. The quantitative estimate of drug-likeness (QED) is 0.289. The molecule has 1 unspecified atom stereocenters. The summed E-state index contributed by atoms with van der Waals surface area (Å²) in [4.78, 5) is 13.6. The van der Waals surface area contributed by atoms with Gasteiger partial charge >= 0.3 is 0 Å². The largest absolute Gasteiger partial charge is 0.296 e. The summed E-state index contributed by atoms with van der Waals surface area (Å²) in [5, 5.41) is 5.11. The number of hydrogen-bond donors (Lipinski definition) is 1. The minimum absolute atomic E-state index is 0.171. The van der Waals surface area contributed by atoms with Crippen LogP contribution in [0, 0.1) is 0 Å². The van der Waals surface area contributed by atoms with Crippen LogP contribution in [0.2, 0.25) is 5.02 Å². The van der Waals surface area contributed by atoms with E-state index in [9.17, 15) is 9.36 Å². The van der Waals surface area contributed by atoms with Crippen LogP contribution in [0.1, 0.15) is 22.0 Å². The van der Waals surface area contributed by atoms with Gasteiger partial charge in [-0.3, -0.25) is 9.36 Å². The Bertz CT molecular complexity index is 1150. The van der Waals surface area contributed by atoms with Crippen LogP contribution in [0.4, 0.5) is 0 Å². The lowest BCUT2D eigenvalue weighted by molar-refractivity contribution is 0.0954. The Balaban J connectivity index is 1.83. The Hall–Kier alpha value is -2.97. The van der Waals surface area contributed by atoms with Crippen molar-refractivity contribution >= 4 is 35.3 Å². The molecule has 0 bridgehead atoms. The number of nitrogens with one attached hydrogen (secondary N) is 1. The highest BCUT2D eigenvalue weighted by Crippen LogP contribution is 2.42. The van der Waals surface area contributed by atoms with Gasteiger partial charge < -0.3 is 0 Å². The first-order valence-corrected chi connectivity index (χ1v) is 12.0. The fourth-order valence-electron chi connectivity index (χ4n) is 3.47. The molecule has 1 N–H and O–H groups in total. The maximum atomic E-state index is 14.5. The second-order valence-corrected chi connectivity index (χ2v) is 10.1. The van der Waals surface area contributed by atoms with Crippen LogP contribution in [0.15, 0.2) is 115 Å². The van der Waals surface area contributed by atoms with Crippen molar-refractivity contribution in [3.8, 4) is 0 Å². The standard InChI is InChI=1S/C26H21ClNO2P/c27-22-18-16-21(17-19-22)26(29)25(20-10-4-1-5-11-20)28-31(30,23-12-6-2-7-13-23)24-14-8-3-9-15-24/h1-19,25H,(H,28,30). The Morgan fingerprint density at radius 1 is 0.677 bits per heavy atom. The number of hydrogen-bond acceptors (Lipinski definition) is 2. The van der Waals surface area contributed by atoms with Crippen LogP contribution in [-0.4, -0.2) is 5.78 Å². The zero-order valence-corrected chi connectivity index (χ0v) is 18.3. The third kappa shape index (κ3) is 4.70. The second-order valence-electron chi connectivity index (χ2n) is 7.12. The van der Waals surface area contributed by atoms with E-state index in [4.69, 9.17) is 11.6 Å². The average Bonchev–Trinajstić information content (AvgIpc) is 2.84. The lowest BCUT2D eigenvalue weighted by atomic mass is 9.98. The Kier molecular flexibility index (Phi) is 6.48. The minimum Gasteiger partial charge on any atom is -0.296 e. The number of ketones is 1. The fourth-order valence-corrected chi connectivity index (χ4v) is 6.00. The first-order valence-electron chi connectivity index (χ1n) is 9.92. The van der Waals surface area contributed by atoms with Gasteiger partial charge in [-0.25, -0.2) is 5.09 Å². The molecule has 0 saturated carbocycles. The van der Waals surface area contributed by atoms with Gasteiger partial charge in [-0.1, -0.05) is 78.3 Å². The summed E-state index contributed by atoms with van der Waals surface area (Å²) in [5.74, 6) is -0.171. The third-order valence-electron chi connectivity index (χ3n) is 5.07. The lowest BCUT2D eigenvalue weighted by Gasteiger charge is -2.26. The summed E-state index contributed by atoms with van der Waals surface area (Å²) in [7, 11) is -3.33. The first kappa shape index (κ1) is 21.3. The highest BCUT2D eigenvalue weighted by molar-refractivity contribution is 7.77. The molecule has 5 heteroatoms. The van der Waals surface area contributed by atoms with Gasteiger partial charge in [0.05, 0.1) is 0 Å². The van der Waals surface area contributed by atoms with E-state index >= 15 is 0 Å². The molecule has 0 radical (unpaired) electrons. The molecule has 0 aliphatic carbocycles. The zero-order valence-electron chi connectivity index (χ0n) is 16.7. The van der Waals surface area contributed by atoms with Gasteiger partial charge in [-0.15, -0.1) is 0 Å². The van der Waals surface area contributed by atoms with Gasteiger partial charge in [0, 0.05) is 21.2 Å². The van der Waals surface area contributed by atoms with Crippen molar-refractivity contribution in [1.82, 2.24) is 5.09 Å². The van der Waals surface area contributed by atoms with Gasteiger partial charge in [-0.05, 0) is 54.1 Å². The average molecular weight is 446 g/mol. The molecule has 0 aliphatic rings. The van der Waals surface area contributed by atoms with Gasteiger partial charge in [0.2, 0.25) is 7.29 Å². The molecule has 0 fully saturated rings. The van der Waals surface area contributed by atoms with E-state index in [1.54, 1.807) is 24.3 Å². The van der Waals surface area contributed by atoms with Gasteiger partial charge in [0.25, 0.3) is 0 Å². The van der Waals surface area contributed by atoms with E-state index in [0.29, 0.717) is 21.2 Å². The molecule has 154 valence electrons. The lowest BCUT2D eigenvalue weighted by Crippen LogP contribution is -2.34. The SMILES string of the molecule is O=C(c1ccc(Cl)cc1)C(NP(=O)(c1ccccc1)c1ccccc1)c1ccccc1. The van der Waals surface area contributed by atoms with Crippen LogP contribution in [0.5, 0.6) is 0 Å². The molecule has 0 amide bonds. The predicted molar refractivity (Wildman–Crippen MR) is 128 cm³/mol. The number of carbonyl (C=O) groups is 1. The number of halogens is 1. The van der Waals surface area contributed by atoms with Crippen LogP contribution in [0.3, 0.4) is 0 Å². The molecular weight excluding hydrogens is 425 g/mol. The number of benzene rings is 4. The normalized spacial score (nSPS) is 12.3. The Labute approximate surface area is 187 Å². The number of rotatable bonds is 7. The highest BCUT2D eigenvalue weighted by Gasteiger charge is 2.34. The molecule has 0 heterocycles. The van der Waals surface area contributed by atoms with Gasteiger partial charge in [0.15, 0.2) is 5.78 Å². The predicted octanol–water partition coefficient (Wildman–Crippen LogP) is 5.78. The molecule has 1 atom stereocenters. The monoisotopic (exact) mass is 445 g/mol. The van der Waals surface area contributed by atoms with E-state index in [1.165, 1.54) is 0 Å². The van der Waals surface area contributed by atoms with Crippen molar-refractivity contribution in [2.75, 3.05) is 0 Å². The molecule has 4 aromatic rings. The molecule has 4 rings (SSSR count). The molecular formula is C26H21ClNO2P. The van der Waals surface area contributed by atoms with Gasteiger partial charge in [-0.2, -0.15) is 0 Å². The Morgan fingerprint density at radius 2 is 1.13 bits per heavy atom. The molecule has 0 aromatic heterocycles. The van der Waals surface area contributed by atoms with E-state index in [-0.39, 0.29) is 5.78 Å². The van der Waals surface area contributed by atoms with Crippen molar-refractivity contribution in [3.05, 3.63) is 131 Å². The van der Waals surface area contributed by atoms with E-state index in [2.05, 4.69) is 5.09 Å². The molecule has 4 aromatic carbocycles. The maximum absolute atomic E-state index is 14.5. The zero-order chi connectivity index (χ0) is 21.7. The Morgan fingerprint density at radius 3 is 1.61 bits per heavy atom. The summed E-state index contributed by atoms with van der Waals surface area (Å²) in [6.07, 6.45) is 0. The summed E-state index contributed by atoms with van der Waals surface area (Å²) in [5.41, 5.74) is 1.24. The maximum Gasteiger partial charge on any atom is 0.205 e. The van der Waals surface area contributed by atoms with E-state index in [0.717, 1.165) is 5.56 Å². The topological polar surface area (TPSA) is 46.2 Å². The first-order chi connectivity index (χ1) is 15.1. The van der Waals surface area contributed by atoms with Crippen molar-refractivity contribution < 1.29 is 9.36 Å². The molecule has 3 nitrogen and oxygen atoms in total. The molecule has 0 spiro atoms. The van der Waals surface area contributed by atoms with Crippen molar-refractivity contribution in [1.29, 1.82) is 0 Å². The minimum atomic E-state index is -3.33. The highest BCUT2D eigenvalue weighted by atomic mass is 35.5. The van der Waals surface area contributed by atoms with Crippen molar-refractivity contribution in [3.63, 3.8) is 0 Å². The van der Waals surface area contributed by atoms with Crippen LogP contribution < -0.4 is 15.7 Å². The molecule has 0 saturated heterocycles. The number of Topliss-reactive ketones (excluding diaryl/α,β-unsaturated/α-hetero) is 1. The smallest absolute Gasteiger partial charge is 0.205 e. The molecule has 0 aliphatic heterocycles. The van der Waals surface area contributed by atoms with Crippen LogP contribution in [-0.2, 0) is 4.57 Å². The van der Waals surface area contributed by atoms with Crippen molar-refractivity contribution in [2.24, 2.45) is 0 Å².